The number of thioether (sulfide) groups is 1. The van der Waals surface area contributed by atoms with Crippen LogP contribution < -0.4 is 0 Å². The zero-order chi connectivity index (χ0) is 8.97. The molecule has 0 aromatic rings. The van der Waals surface area contributed by atoms with Crippen LogP contribution in [-0.4, -0.2) is 46.5 Å². The highest BCUT2D eigenvalue weighted by molar-refractivity contribution is 7.99. The van der Waals surface area contributed by atoms with E-state index in [-0.39, 0.29) is 6.42 Å². The molecule has 1 fully saturated rings. The lowest BCUT2D eigenvalue weighted by Crippen LogP contribution is -2.35. The van der Waals surface area contributed by atoms with E-state index < -0.39 is 12.0 Å². The summed E-state index contributed by atoms with van der Waals surface area (Å²) in [4.78, 5) is 22.7. The molecule has 1 heterocycles. The fraction of sp³-hybridized carbons (Fsp3) is 0.714. The Morgan fingerprint density at radius 2 is 2.50 bits per heavy atom. The van der Waals surface area contributed by atoms with Crippen LogP contribution in [0.5, 0.6) is 0 Å². The molecule has 0 radical (unpaired) electrons. The Morgan fingerprint density at radius 1 is 1.75 bits per heavy atom. The molecular formula is C7H11NO3S. The summed E-state index contributed by atoms with van der Waals surface area (Å²) in [5.74, 6) is 0.852. The zero-order valence-electron chi connectivity index (χ0n) is 6.60. The number of carboxylic acids is 1. The predicted molar refractivity (Wildman–Crippen MR) is 46.1 cm³/mol. The first kappa shape index (κ1) is 9.54. The first-order valence-corrected chi connectivity index (χ1v) is 4.88. The molecule has 0 amide bonds. The lowest BCUT2D eigenvalue weighted by Gasteiger charge is -2.19. The molecule has 1 aliphatic rings. The van der Waals surface area contributed by atoms with Gasteiger partial charge in [0.1, 0.15) is 6.29 Å². The van der Waals surface area contributed by atoms with E-state index in [0.29, 0.717) is 0 Å². The molecule has 1 rings (SSSR count). The Bertz CT molecular complexity index is 179. The van der Waals surface area contributed by atoms with Crippen molar-refractivity contribution in [3.05, 3.63) is 0 Å². The predicted octanol–water partition coefficient (Wildman–Crippen LogP) is 0.0349. The Morgan fingerprint density at radius 3 is 2.92 bits per heavy atom. The second-order valence-electron chi connectivity index (χ2n) is 2.65. The van der Waals surface area contributed by atoms with Crippen molar-refractivity contribution in [3.8, 4) is 0 Å². The topological polar surface area (TPSA) is 57.6 Å². The van der Waals surface area contributed by atoms with E-state index in [1.807, 2.05) is 4.90 Å². The second-order valence-corrected chi connectivity index (χ2v) is 3.73. The number of rotatable bonds is 4. The summed E-state index contributed by atoms with van der Waals surface area (Å²) in [5.41, 5.74) is 0. The Hall–Kier alpha value is -0.550. The van der Waals surface area contributed by atoms with Crippen LogP contribution in [0.3, 0.4) is 0 Å². The maximum Gasteiger partial charge on any atom is 0.305 e. The van der Waals surface area contributed by atoms with Crippen molar-refractivity contribution in [2.75, 3.05) is 18.2 Å². The molecule has 0 aromatic carbocycles. The van der Waals surface area contributed by atoms with Gasteiger partial charge in [0.15, 0.2) is 0 Å². The van der Waals surface area contributed by atoms with Gasteiger partial charge in [0.2, 0.25) is 0 Å². The van der Waals surface area contributed by atoms with E-state index in [1.54, 1.807) is 11.8 Å². The molecule has 1 atom stereocenters. The van der Waals surface area contributed by atoms with Crippen molar-refractivity contribution in [1.29, 1.82) is 0 Å². The van der Waals surface area contributed by atoms with E-state index >= 15 is 0 Å². The minimum Gasteiger partial charge on any atom is -0.481 e. The highest BCUT2D eigenvalue weighted by Gasteiger charge is 2.23. The molecule has 5 heteroatoms. The maximum atomic E-state index is 10.5. The minimum atomic E-state index is -0.913. The average Bonchev–Trinajstić information content (AvgIpc) is 2.51. The van der Waals surface area contributed by atoms with Gasteiger partial charge in [-0.05, 0) is 0 Å². The van der Waals surface area contributed by atoms with Gasteiger partial charge in [-0.2, -0.15) is 0 Å². The summed E-state index contributed by atoms with van der Waals surface area (Å²) < 4.78 is 0. The minimum absolute atomic E-state index is 0.0793. The van der Waals surface area contributed by atoms with Gasteiger partial charge in [-0.15, -0.1) is 11.8 Å². The van der Waals surface area contributed by atoms with Crippen molar-refractivity contribution in [2.45, 2.75) is 12.5 Å². The van der Waals surface area contributed by atoms with Gasteiger partial charge in [-0.1, -0.05) is 0 Å². The standard InChI is InChI=1S/C7H11NO3S/c9-4-6(3-7(10)11)8-1-2-12-5-8/h4,6H,1-3,5H2,(H,10,11). The molecule has 0 aliphatic carbocycles. The van der Waals surface area contributed by atoms with E-state index in [9.17, 15) is 9.59 Å². The third-order valence-corrected chi connectivity index (χ3v) is 2.78. The number of aldehydes is 1. The van der Waals surface area contributed by atoms with Crippen LogP contribution in [0, 0.1) is 0 Å². The second kappa shape index (κ2) is 4.47. The summed E-state index contributed by atoms with van der Waals surface area (Å²) in [6.45, 7) is 0.821. The highest BCUT2D eigenvalue weighted by atomic mass is 32.2. The summed E-state index contributed by atoms with van der Waals surface area (Å²) in [6, 6.07) is -0.433. The normalized spacial score (nSPS) is 20.7. The lowest BCUT2D eigenvalue weighted by molar-refractivity contribution is -0.139. The number of carbonyl (C=O) groups excluding carboxylic acids is 1. The number of aliphatic carboxylic acids is 1. The van der Waals surface area contributed by atoms with Crippen molar-refractivity contribution in [2.24, 2.45) is 0 Å². The molecule has 4 nitrogen and oxygen atoms in total. The van der Waals surface area contributed by atoms with Crippen LogP contribution in [0.1, 0.15) is 6.42 Å². The number of hydrogen-bond acceptors (Lipinski definition) is 4. The van der Waals surface area contributed by atoms with Gasteiger partial charge in [0, 0.05) is 18.2 Å². The van der Waals surface area contributed by atoms with Crippen molar-refractivity contribution >= 4 is 24.0 Å². The molecule has 1 aliphatic heterocycles. The van der Waals surface area contributed by atoms with Crippen LogP contribution in [0.25, 0.3) is 0 Å². The van der Waals surface area contributed by atoms with Crippen LogP contribution in [0.4, 0.5) is 0 Å². The Balaban J connectivity index is 2.42. The van der Waals surface area contributed by atoms with E-state index in [1.165, 1.54) is 0 Å². The van der Waals surface area contributed by atoms with Gasteiger partial charge >= 0.3 is 5.97 Å². The summed E-state index contributed by atoms with van der Waals surface area (Å²) in [6.07, 6.45) is 0.643. The fourth-order valence-electron chi connectivity index (χ4n) is 1.13. The number of carbonyl (C=O) groups is 2. The van der Waals surface area contributed by atoms with Crippen LogP contribution in [0.2, 0.25) is 0 Å². The number of hydrogen-bond donors (Lipinski definition) is 1. The molecule has 1 unspecified atom stereocenters. The molecule has 68 valence electrons. The number of nitrogens with zero attached hydrogens (tertiary/aromatic N) is 1. The largest absolute Gasteiger partial charge is 0.481 e. The molecule has 0 saturated carbocycles. The van der Waals surface area contributed by atoms with Gasteiger partial charge in [-0.25, -0.2) is 0 Å². The van der Waals surface area contributed by atoms with Crippen molar-refractivity contribution in [3.63, 3.8) is 0 Å². The van der Waals surface area contributed by atoms with Gasteiger partial charge in [0.25, 0.3) is 0 Å². The molecule has 12 heavy (non-hydrogen) atoms. The molecule has 0 bridgehead atoms. The third kappa shape index (κ3) is 2.49. The van der Waals surface area contributed by atoms with Gasteiger partial charge in [-0.3, -0.25) is 9.69 Å². The van der Waals surface area contributed by atoms with Gasteiger partial charge in [0.05, 0.1) is 12.5 Å². The lowest BCUT2D eigenvalue weighted by atomic mass is 10.2. The van der Waals surface area contributed by atoms with Crippen LogP contribution in [0.15, 0.2) is 0 Å². The maximum absolute atomic E-state index is 10.5. The Labute approximate surface area is 74.9 Å². The smallest absolute Gasteiger partial charge is 0.305 e. The van der Waals surface area contributed by atoms with E-state index in [0.717, 1.165) is 24.5 Å². The molecule has 1 saturated heterocycles. The molecular weight excluding hydrogens is 178 g/mol. The first-order valence-electron chi connectivity index (χ1n) is 3.73. The molecule has 0 aromatic heterocycles. The monoisotopic (exact) mass is 189 g/mol. The summed E-state index contributed by atoms with van der Waals surface area (Å²) >= 11 is 1.73. The quantitative estimate of drug-likeness (QED) is 0.632. The van der Waals surface area contributed by atoms with Crippen LogP contribution in [-0.2, 0) is 9.59 Å². The molecule has 1 N–H and O–H groups in total. The summed E-state index contributed by atoms with van der Waals surface area (Å²) in [5, 5.41) is 8.48. The van der Waals surface area contributed by atoms with Crippen LogP contribution >= 0.6 is 11.8 Å². The van der Waals surface area contributed by atoms with Gasteiger partial charge < -0.3 is 9.90 Å². The number of carboxylic acid groups (broad SMARTS) is 1. The van der Waals surface area contributed by atoms with Crippen molar-refractivity contribution in [1.82, 2.24) is 4.90 Å². The molecule has 0 spiro atoms. The summed E-state index contributed by atoms with van der Waals surface area (Å²) in [7, 11) is 0. The van der Waals surface area contributed by atoms with Crippen molar-refractivity contribution < 1.29 is 14.7 Å². The third-order valence-electron chi connectivity index (χ3n) is 1.79. The Kier molecular flexibility index (Phi) is 3.55. The van der Waals surface area contributed by atoms with E-state index in [4.69, 9.17) is 5.11 Å². The average molecular weight is 189 g/mol. The first-order chi connectivity index (χ1) is 5.74. The highest BCUT2D eigenvalue weighted by Crippen LogP contribution is 2.16. The van der Waals surface area contributed by atoms with E-state index in [2.05, 4.69) is 0 Å². The fourth-order valence-corrected chi connectivity index (χ4v) is 2.18. The SMILES string of the molecule is O=CC(CC(=O)O)N1CCSC1. The zero-order valence-corrected chi connectivity index (χ0v) is 7.42.